The van der Waals surface area contributed by atoms with E-state index in [0.717, 1.165) is 52.9 Å². The molecule has 0 saturated carbocycles. The first kappa shape index (κ1) is 18.4. The first-order chi connectivity index (χ1) is 14.7. The number of carbonyl (C=O) groups is 1. The lowest BCUT2D eigenvalue weighted by atomic mass is 10.0. The number of aryl methyl sites for hydroxylation is 1. The second-order valence-electron chi connectivity index (χ2n) is 7.59. The molecule has 0 atom stereocenters. The number of carbonyl (C=O) groups excluding carboxylic acids is 1. The Morgan fingerprint density at radius 3 is 2.50 bits per heavy atom. The van der Waals surface area contributed by atoms with E-state index >= 15 is 0 Å². The third-order valence-corrected chi connectivity index (χ3v) is 5.56. The number of pyridine rings is 1. The Hall–Kier alpha value is -3.61. The summed E-state index contributed by atoms with van der Waals surface area (Å²) >= 11 is 0. The van der Waals surface area contributed by atoms with Gasteiger partial charge in [0.2, 0.25) is 5.82 Å². The minimum atomic E-state index is 0.0956. The number of rotatable bonds is 5. The molecule has 30 heavy (non-hydrogen) atoms. The fraction of sp³-hybridized carbons (Fsp3) is 0.261. The molecule has 1 aromatic carbocycles. The van der Waals surface area contributed by atoms with Crippen LogP contribution < -0.4 is 0 Å². The van der Waals surface area contributed by atoms with Crippen LogP contribution in [0, 0.1) is 6.92 Å². The van der Waals surface area contributed by atoms with Crippen LogP contribution in [0.25, 0.3) is 28.0 Å². The van der Waals surface area contributed by atoms with E-state index in [4.69, 9.17) is 0 Å². The second-order valence-corrected chi connectivity index (χ2v) is 7.59. The summed E-state index contributed by atoms with van der Waals surface area (Å²) in [5, 5.41) is 16.4. The number of benzene rings is 1. The molecule has 5 rings (SSSR count). The third kappa shape index (κ3) is 2.94. The molecule has 150 valence electrons. The van der Waals surface area contributed by atoms with Gasteiger partial charge < -0.3 is 9.30 Å². The second kappa shape index (κ2) is 7.33. The first-order valence-corrected chi connectivity index (χ1v) is 10.2. The Morgan fingerprint density at radius 1 is 1.00 bits per heavy atom. The fourth-order valence-electron chi connectivity index (χ4n) is 4.10. The largest absolute Gasteiger partial charge is 0.333 e. The average Bonchev–Trinajstić information content (AvgIpc) is 3.26. The molecular formula is C23H22N6O. The summed E-state index contributed by atoms with van der Waals surface area (Å²) in [7, 11) is 0. The van der Waals surface area contributed by atoms with Crippen molar-refractivity contribution in [3.63, 3.8) is 0 Å². The number of hydrogen-bond donors (Lipinski definition) is 0. The zero-order valence-electron chi connectivity index (χ0n) is 17.0. The van der Waals surface area contributed by atoms with Gasteiger partial charge in [0.15, 0.2) is 5.82 Å². The van der Waals surface area contributed by atoms with E-state index in [9.17, 15) is 4.79 Å². The van der Waals surface area contributed by atoms with Gasteiger partial charge in [-0.3, -0.25) is 4.79 Å². The highest BCUT2D eigenvalue weighted by Crippen LogP contribution is 2.39. The molecule has 0 unspecified atom stereocenters. The Morgan fingerprint density at radius 2 is 1.77 bits per heavy atom. The Bertz CT molecular complexity index is 1230. The van der Waals surface area contributed by atoms with Crippen LogP contribution in [0.15, 0.2) is 48.7 Å². The summed E-state index contributed by atoms with van der Waals surface area (Å²) in [5.74, 6) is 1.10. The fourth-order valence-corrected chi connectivity index (χ4v) is 4.10. The summed E-state index contributed by atoms with van der Waals surface area (Å²) in [6.45, 7) is 5.33. The van der Waals surface area contributed by atoms with Crippen molar-refractivity contribution in [2.75, 3.05) is 6.54 Å². The van der Waals surface area contributed by atoms with E-state index in [1.54, 1.807) is 6.92 Å². The Balaban J connectivity index is 1.70. The van der Waals surface area contributed by atoms with E-state index in [1.165, 1.54) is 0 Å². The van der Waals surface area contributed by atoms with Gasteiger partial charge in [-0.1, -0.05) is 43.7 Å². The van der Waals surface area contributed by atoms with Gasteiger partial charge in [-0.25, -0.2) is 0 Å². The number of aromatic nitrogens is 5. The van der Waals surface area contributed by atoms with Crippen molar-refractivity contribution in [1.82, 2.24) is 29.7 Å². The summed E-state index contributed by atoms with van der Waals surface area (Å²) in [5.41, 5.74) is 5.82. The maximum atomic E-state index is 13.2. The van der Waals surface area contributed by atoms with Crippen molar-refractivity contribution in [2.24, 2.45) is 0 Å². The van der Waals surface area contributed by atoms with Crippen molar-refractivity contribution >= 4 is 11.4 Å². The molecule has 1 aliphatic heterocycles. The van der Waals surface area contributed by atoms with Crippen LogP contribution in [0.3, 0.4) is 0 Å². The summed E-state index contributed by atoms with van der Waals surface area (Å²) < 4.78 is 2.00. The molecule has 0 spiro atoms. The number of hydrogen-bond acceptors (Lipinski definition) is 5. The highest BCUT2D eigenvalue weighted by atomic mass is 16.2. The molecule has 0 bridgehead atoms. The molecule has 3 aromatic heterocycles. The highest BCUT2D eigenvalue weighted by molar-refractivity contribution is 6.04. The lowest BCUT2D eigenvalue weighted by Crippen LogP contribution is -2.26. The first-order valence-electron chi connectivity index (χ1n) is 10.2. The monoisotopic (exact) mass is 398 g/mol. The average molecular weight is 398 g/mol. The van der Waals surface area contributed by atoms with Crippen molar-refractivity contribution in [3.8, 4) is 22.5 Å². The maximum absolute atomic E-state index is 13.2. The van der Waals surface area contributed by atoms with Gasteiger partial charge in [0, 0.05) is 36.0 Å². The number of fused-ring (bicyclic) bond motifs is 3. The number of unbranched alkanes of at least 4 members (excludes halogenated alkanes) is 1. The van der Waals surface area contributed by atoms with Gasteiger partial charge in [-0.05, 0) is 31.0 Å². The number of amides is 1. The van der Waals surface area contributed by atoms with Crippen LogP contribution >= 0.6 is 0 Å². The smallest absolute Gasteiger partial charge is 0.271 e. The quantitative estimate of drug-likeness (QED) is 0.509. The summed E-state index contributed by atoms with van der Waals surface area (Å²) in [4.78, 5) is 15.2. The van der Waals surface area contributed by atoms with E-state index in [1.807, 2.05) is 45.8 Å². The normalized spacial score (nSPS) is 13.3. The minimum Gasteiger partial charge on any atom is -0.333 e. The highest BCUT2D eigenvalue weighted by Gasteiger charge is 2.34. The van der Waals surface area contributed by atoms with Crippen LogP contribution in [0.4, 0.5) is 0 Å². The van der Waals surface area contributed by atoms with Crippen LogP contribution in [-0.4, -0.2) is 42.1 Å². The van der Waals surface area contributed by atoms with Gasteiger partial charge >= 0.3 is 0 Å². The van der Waals surface area contributed by atoms with E-state index in [0.29, 0.717) is 18.2 Å². The molecule has 4 heterocycles. The molecular weight excluding hydrogens is 376 g/mol. The van der Waals surface area contributed by atoms with Crippen molar-refractivity contribution in [3.05, 3.63) is 65.7 Å². The molecule has 0 saturated heterocycles. The molecule has 1 aliphatic rings. The SMILES string of the molecule is CCCCN1Cc2c(-c3ccccc3)c3cc(-c4nnc(C)nn4)ccn3c2C1=O. The van der Waals surface area contributed by atoms with E-state index in [-0.39, 0.29) is 5.91 Å². The lowest BCUT2D eigenvalue weighted by Gasteiger charge is -2.16. The van der Waals surface area contributed by atoms with Gasteiger partial charge in [0.1, 0.15) is 5.69 Å². The summed E-state index contributed by atoms with van der Waals surface area (Å²) in [6.07, 6.45) is 4.00. The van der Waals surface area contributed by atoms with Crippen molar-refractivity contribution in [2.45, 2.75) is 33.2 Å². The van der Waals surface area contributed by atoms with Gasteiger partial charge in [-0.2, -0.15) is 0 Å². The van der Waals surface area contributed by atoms with Gasteiger partial charge in [0.05, 0.1) is 5.52 Å². The molecule has 7 heteroatoms. The van der Waals surface area contributed by atoms with Gasteiger partial charge in [0.25, 0.3) is 5.91 Å². The zero-order chi connectivity index (χ0) is 20.7. The Labute approximate surface area is 174 Å². The van der Waals surface area contributed by atoms with E-state index < -0.39 is 0 Å². The van der Waals surface area contributed by atoms with Gasteiger partial charge in [-0.15, -0.1) is 20.4 Å². The predicted octanol–water partition coefficient (Wildman–Crippen LogP) is 3.92. The molecule has 0 aliphatic carbocycles. The molecule has 4 aromatic rings. The third-order valence-electron chi connectivity index (χ3n) is 5.56. The Kier molecular flexibility index (Phi) is 4.50. The number of nitrogens with zero attached hydrogens (tertiary/aromatic N) is 6. The van der Waals surface area contributed by atoms with Crippen LogP contribution in [0.1, 0.15) is 41.6 Å². The molecule has 0 N–H and O–H groups in total. The van der Waals surface area contributed by atoms with Crippen LogP contribution in [0.2, 0.25) is 0 Å². The van der Waals surface area contributed by atoms with Crippen LogP contribution in [-0.2, 0) is 6.54 Å². The predicted molar refractivity (Wildman–Crippen MR) is 114 cm³/mol. The van der Waals surface area contributed by atoms with Crippen LogP contribution in [0.5, 0.6) is 0 Å². The zero-order valence-corrected chi connectivity index (χ0v) is 17.0. The lowest BCUT2D eigenvalue weighted by molar-refractivity contribution is 0.0770. The molecule has 0 fully saturated rings. The van der Waals surface area contributed by atoms with E-state index in [2.05, 4.69) is 39.5 Å². The summed E-state index contributed by atoms with van der Waals surface area (Å²) in [6, 6.07) is 14.2. The molecule has 0 radical (unpaired) electrons. The van der Waals surface area contributed by atoms with Crippen molar-refractivity contribution < 1.29 is 4.79 Å². The molecule has 7 nitrogen and oxygen atoms in total. The molecule has 1 amide bonds. The maximum Gasteiger partial charge on any atom is 0.271 e. The topological polar surface area (TPSA) is 76.3 Å². The van der Waals surface area contributed by atoms with Crippen molar-refractivity contribution in [1.29, 1.82) is 0 Å². The standard InChI is InChI=1S/C23H22N6O/c1-3-4-11-28-14-18-20(16-8-6-5-7-9-16)19-13-17(22-26-24-15(2)25-27-22)10-12-29(19)21(18)23(28)30/h5-10,12-13H,3-4,11,14H2,1-2H3. The minimum absolute atomic E-state index is 0.0956.